The van der Waals surface area contributed by atoms with Crippen molar-refractivity contribution in [2.45, 2.75) is 44.9 Å². The third-order valence-corrected chi connectivity index (χ3v) is 7.00. The summed E-state index contributed by atoms with van der Waals surface area (Å²) in [5.74, 6) is -0.118. The first-order chi connectivity index (χ1) is 16.9. The van der Waals surface area contributed by atoms with Gasteiger partial charge in [0.2, 0.25) is 0 Å². The van der Waals surface area contributed by atoms with Gasteiger partial charge in [-0.2, -0.15) is 0 Å². The topological polar surface area (TPSA) is 58.6 Å². The number of carbonyl (C=O) groups is 2. The highest BCUT2D eigenvalue weighted by Crippen LogP contribution is 2.39. The van der Waals surface area contributed by atoms with E-state index in [0.717, 1.165) is 35.3 Å². The molecule has 3 aromatic rings. The van der Waals surface area contributed by atoms with Crippen LogP contribution in [0.15, 0.2) is 82.2 Å². The summed E-state index contributed by atoms with van der Waals surface area (Å²) in [5.41, 5.74) is 4.79. The van der Waals surface area contributed by atoms with E-state index in [4.69, 9.17) is 4.74 Å². The number of imide groups is 1. The second-order valence-electron chi connectivity index (χ2n) is 8.66. The van der Waals surface area contributed by atoms with E-state index >= 15 is 0 Å². The molecule has 1 heterocycles. The standard InChI is InChI=1S/C29H30N2O3S/c1-5-6-7-21-11-13-22(14-12-21)31-28(32)26(30-24-18-20(3)10-17-25(24)34-4)27(29(31)33)35-23-15-8-19(2)9-16-23/h8-18,30H,5-7H2,1-4H3. The number of unbranched alkanes of at least 4 members (excludes halogenated alkanes) is 1. The molecule has 0 spiro atoms. The Kier molecular flexibility index (Phi) is 7.61. The van der Waals surface area contributed by atoms with E-state index in [1.807, 2.05) is 80.6 Å². The predicted octanol–water partition coefficient (Wildman–Crippen LogP) is 6.64. The van der Waals surface area contributed by atoms with Gasteiger partial charge < -0.3 is 10.1 Å². The molecule has 0 saturated heterocycles. The molecule has 1 aliphatic rings. The van der Waals surface area contributed by atoms with Gasteiger partial charge in [0.15, 0.2) is 0 Å². The van der Waals surface area contributed by atoms with Gasteiger partial charge in [-0.05, 0) is 74.2 Å². The Labute approximate surface area is 211 Å². The summed E-state index contributed by atoms with van der Waals surface area (Å²) in [6.07, 6.45) is 3.20. The van der Waals surface area contributed by atoms with Crippen molar-refractivity contribution in [3.63, 3.8) is 0 Å². The second kappa shape index (κ2) is 10.8. The summed E-state index contributed by atoms with van der Waals surface area (Å²) < 4.78 is 5.49. The summed E-state index contributed by atoms with van der Waals surface area (Å²) >= 11 is 1.29. The zero-order valence-corrected chi connectivity index (χ0v) is 21.4. The van der Waals surface area contributed by atoms with Gasteiger partial charge in [0.1, 0.15) is 16.4 Å². The number of aryl methyl sites for hydroxylation is 3. The number of anilines is 2. The van der Waals surface area contributed by atoms with Crippen molar-refractivity contribution in [2.75, 3.05) is 17.3 Å². The van der Waals surface area contributed by atoms with Crippen LogP contribution in [-0.2, 0) is 16.0 Å². The van der Waals surface area contributed by atoms with Crippen LogP contribution in [0.5, 0.6) is 5.75 Å². The number of hydrogen-bond acceptors (Lipinski definition) is 5. The maximum atomic E-state index is 13.6. The van der Waals surface area contributed by atoms with Crippen molar-refractivity contribution in [1.82, 2.24) is 0 Å². The molecule has 0 radical (unpaired) electrons. The minimum absolute atomic E-state index is 0.250. The lowest BCUT2D eigenvalue weighted by Gasteiger charge is -2.16. The van der Waals surface area contributed by atoms with E-state index in [-0.39, 0.29) is 17.5 Å². The van der Waals surface area contributed by atoms with Crippen LogP contribution >= 0.6 is 11.8 Å². The van der Waals surface area contributed by atoms with E-state index in [9.17, 15) is 9.59 Å². The highest BCUT2D eigenvalue weighted by molar-refractivity contribution is 8.04. The molecule has 5 nitrogen and oxygen atoms in total. The van der Waals surface area contributed by atoms with Gasteiger partial charge in [-0.15, -0.1) is 0 Å². The zero-order chi connectivity index (χ0) is 24.9. The van der Waals surface area contributed by atoms with E-state index in [0.29, 0.717) is 22.0 Å². The largest absolute Gasteiger partial charge is 0.495 e. The molecule has 0 atom stereocenters. The van der Waals surface area contributed by atoms with Crippen molar-refractivity contribution in [3.8, 4) is 5.75 Å². The van der Waals surface area contributed by atoms with Gasteiger partial charge in [0.25, 0.3) is 11.8 Å². The molecule has 180 valence electrons. The molecule has 1 N–H and O–H groups in total. The Balaban J connectivity index is 1.71. The number of nitrogens with zero attached hydrogens (tertiary/aromatic N) is 1. The third kappa shape index (κ3) is 5.43. The molecule has 0 saturated carbocycles. The third-order valence-electron chi connectivity index (χ3n) is 5.91. The van der Waals surface area contributed by atoms with E-state index < -0.39 is 0 Å². The van der Waals surface area contributed by atoms with Crippen molar-refractivity contribution in [3.05, 3.63) is 94.0 Å². The van der Waals surface area contributed by atoms with E-state index in [1.54, 1.807) is 7.11 Å². The normalized spacial score (nSPS) is 13.5. The van der Waals surface area contributed by atoms with Crippen molar-refractivity contribution >= 4 is 35.0 Å². The molecule has 0 aliphatic carbocycles. The molecule has 4 rings (SSSR count). The number of rotatable bonds is 9. The minimum Gasteiger partial charge on any atom is -0.495 e. The first kappa shape index (κ1) is 24.6. The number of nitrogens with one attached hydrogen (secondary N) is 1. The molecule has 6 heteroatoms. The van der Waals surface area contributed by atoms with Gasteiger partial charge in [0, 0.05) is 4.90 Å². The summed E-state index contributed by atoms with van der Waals surface area (Å²) in [5, 5.41) is 3.22. The van der Waals surface area contributed by atoms with Crippen LogP contribution in [0.2, 0.25) is 0 Å². The highest BCUT2D eigenvalue weighted by atomic mass is 32.2. The molecular formula is C29H30N2O3S. The fraction of sp³-hybridized carbons (Fsp3) is 0.241. The quantitative estimate of drug-likeness (QED) is 0.343. The summed E-state index contributed by atoms with van der Waals surface area (Å²) in [4.78, 5) is 29.8. The van der Waals surface area contributed by atoms with Gasteiger partial charge in [0.05, 0.1) is 18.5 Å². The molecule has 0 fully saturated rings. The number of carbonyl (C=O) groups excluding carboxylic acids is 2. The van der Waals surface area contributed by atoms with E-state index in [1.165, 1.54) is 22.2 Å². The number of amides is 2. The average molecular weight is 487 g/mol. The van der Waals surface area contributed by atoms with Crippen molar-refractivity contribution in [1.29, 1.82) is 0 Å². The lowest BCUT2D eigenvalue weighted by atomic mass is 10.1. The van der Waals surface area contributed by atoms with Crippen LogP contribution in [0.1, 0.15) is 36.5 Å². The van der Waals surface area contributed by atoms with Crippen LogP contribution in [0.4, 0.5) is 11.4 Å². The van der Waals surface area contributed by atoms with Gasteiger partial charge in [-0.25, -0.2) is 4.90 Å². The SMILES string of the molecule is CCCCc1ccc(N2C(=O)C(Nc3cc(C)ccc3OC)=C(Sc3ccc(C)cc3)C2=O)cc1. The highest BCUT2D eigenvalue weighted by Gasteiger charge is 2.40. The number of methoxy groups -OCH3 is 1. The average Bonchev–Trinajstić information content (AvgIpc) is 3.08. The summed E-state index contributed by atoms with van der Waals surface area (Å²) in [6, 6.07) is 21.3. The van der Waals surface area contributed by atoms with Gasteiger partial charge >= 0.3 is 0 Å². The Hall–Kier alpha value is -3.51. The summed E-state index contributed by atoms with van der Waals surface area (Å²) in [7, 11) is 1.58. The van der Waals surface area contributed by atoms with Crippen LogP contribution in [0.25, 0.3) is 0 Å². The number of benzene rings is 3. The predicted molar refractivity (Wildman–Crippen MR) is 143 cm³/mol. The van der Waals surface area contributed by atoms with Crippen LogP contribution in [-0.4, -0.2) is 18.9 Å². The summed E-state index contributed by atoms with van der Waals surface area (Å²) in [6.45, 7) is 6.14. The first-order valence-electron chi connectivity index (χ1n) is 11.8. The molecule has 0 unspecified atom stereocenters. The Morgan fingerprint density at radius 1 is 0.886 bits per heavy atom. The maximum absolute atomic E-state index is 13.6. The van der Waals surface area contributed by atoms with Crippen molar-refractivity contribution in [2.24, 2.45) is 0 Å². The monoisotopic (exact) mass is 486 g/mol. The van der Waals surface area contributed by atoms with Crippen LogP contribution in [0.3, 0.4) is 0 Å². The molecule has 0 aromatic heterocycles. The van der Waals surface area contributed by atoms with Gasteiger partial charge in [-0.3, -0.25) is 9.59 Å². The first-order valence-corrected chi connectivity index (χ1v) is 12.6. The second-order valence-corrected chi connectivity index (χ2v) is 9.75. The van der Waals surface area contributed by atoms with Crippen LogP contribution in [0, 0.1) is 13.8 Å². The fourth-order valence-corrected chi connectivity index (χ4v) is 4.85. The molecule has 2 amide bonds. The number of hydrogen-bond donors (Lipinski definition) is 1. The molecule has 0 bridgehead atoms. The molecular weight excluding hydrogens is 456 g/mol. The Morgan fingerprint density at radius 2 is 1.57 bits per heavy atom. The number of thioether (sulfide) groups is 1. The lowest BCUT2D eigenvalue weighted by molar-refractivity contribution is -0.120. The van der Waals surface area contributed by atoms with Crippen molar-refractivity contribution < 1.29 is 14.3 Å². The molecule has 1 aliphatic heterocycles. The number of ether oxygens (including phenoxy) is 1. The molecule has 3 aromatic carbocycles. The van der Waals surface area contributed by atoms with Crippen LogP contribution < -0.4 is 15.0 Å². The van der Waals surface area contributed by atoms with E-state index in [2.05, 4.69) is 12.2 Å². The Bertz CT molecular complexity index is 1260. The Morgan fingerprint density at radius 3 is 2.23 bits per heavy atom. The van der Waals surface area contributed by atoms with Gasteiger partial charge in [-0.1, -0.05) is 61.0 Å². The fourth-order valence-electron chi connectivity index (χ4n) is 3.92. The minimum atomic E-state index is -0.380. The smallest absolute Gasteiger partial charge is 0.283 e. The lowest BCUT2D eigenvalue weighted by Crippen LogP contribution is -2.32. The molecule has 35 heavy (non-hydrogen) atoms. The zero-order valence-electron chi connectivity index (χ0n) is 20.6. The maximum Gasteiger partial charge on any atom is 0.283 e.